The van der Waals surface area contributed by atoms with Crippen LogP contribution in [0.3, 0.4) is 0 Å². The van der Waals surface area contributed by atoms with E-state index in [2.05, 4.69) is 44.2 Å². The van der Waals surface area contributed by atoms with Gasteiger partial charge in [-0.1, -0.05) is 42.1 Å². The molecular formula is C13H10BrN3S. The molecule has 1 aromatic carbocycles. The third kappa shape index (κ3) is 1.93. The highest BCUT2D eigenvalue weighted by atomic mass is 79.9. The average molecular weight is 320 g/mol. The molecule has 18 heavy (non-hydrogen) atoms. The first-order valence-corrected chi connectivity index (χ1v) is 7.45. The van der Waals surface area contributed by atoms with Crippen molar-refractivity contribution < 1.29 is 0 Å². The predicted octanol–water partition coefficient (Wildman–Crippen LogP) is 3.88. The molecule has 0 aliphatic heterocycles. The maximum absolute atomic E-state index is 4.53. The molecule has 3 aromatic rings. The average Bonchev–Trinajstić information content (AvgIpc) is 2.76. The lowest BCUT2D eigenvalue weighted by molar-refractivity contribution is 0.803. The molecule has 0 unspecified atom stereocenters. The number of aromatic nitrogens is 3. The molecule has 90 valence electrons. The Balaban J connectivity index is 2.29. The topological polar surface area (TPSA) is 30.2 Å². The number of thioether (sulfide) groups is 1. The van der Waals surface area contributed by atoms with Crippen LogP contribution in [-0.2, 0) is 0 Å². The van der Waals surface area contributed by atoms with E-state index in [4.69, 9.17) is 0 Å². The third-order valence-electron chi connectivity index (χ3n) is 2.70. The van der Waals surface area contributed by atoms with Gasteiger partial charge in [-0.25, -0.2) is 9.50 Å². The SMILES string of the molecule is CSc1ncc2c(Br)cc(-c3ccccc3)n2n1. The van der Waals surface area contributed by atoms with Crippen LogP contribution in [0.25, 0.3) is 16.8 Å². The van der Waals surface area contributed by atoms with Crippen molar-refractivity contribution >= 4 is 33.2 Å². The highest BCUT2D eigenvalue weighted by molar-refractivity contribution is 9.10. The molecule has 2 aromatic heterocycles. The number of rotatable bonds is 2. The summed E-state index contributed by atoms with van der Waals surface area (Å²) in [5.41, 5.74) is 3.19. The lowest BCUT2D eigenvalue weighted by atomic mass is 10.2. The van der Waals surface area contributed by atoms with E-state index in [9.17, 15) is 0 Å². The normalized spacial score (nSPS) is 11.0. The minimum atomic E-state index is 0.766. The maximum atomic E-state index is 4.53. The highest BCUT2D eigenvalue weighted by Gasteiger charge is 2.11. The van der Waals surface area contributed by atoms with Crippen LogP contribution in [0.4, 0.5) is 0 Å². The van der Waals surface area contributed by atoms with Gasteiger partial charge in [0.2, 0.25) is 5.16 Å². The molecule has 0 aliphatic rings. The smallest absolute Gasteiger partial charge is 0.207 e. The first-order chi connectivity index (χ1) is 8.79. The lowest BCUT2D eigenvalue weighted by Gasteiger charge is -2.02. The molecule has 0 saturated heterocycles. The van der Waals surface area contributed by atoms with Crippen LogP contribution in [0, 0.1) is 0 Å². The fourth-order valence-electron chi connectivity index (χ4n) is 1.85. The van der Waals surface area contributed by atoms with E-state index in [0.717, 1.165) is 26.4 Å². The quantitative estimate of drug-likeness (QED) is 0.671. The Morgan fingerprint density at radius 3 is 2.72 bits per heavy atom. The van der Waals surface area contributed by atoms with Gasteiger partial charge in [-0.15, -0.1) is 5.10 Å². The standard InChI is InChI=1S/C13H10BrN3S/c1-18-13-15-8-12-10(14)7-11(17(12)16-13)9-5-3-2-4-6-9/h2-8H,1H3. The van der Waals surface area contributed by atoms with Gasteiger partial charge >= 0.3 is 0 Å². The van der Waals surface area contributed by atoms with Gasteiger partial charge in [0.05, 0.1) is 17.4 Å². The van der Waals surface area contributed by atoms with E-state index in [1.54, 1.807) is 0 Å². The van der Waals surface area contributed by atoms with Gasteiger partial charge < -0.3 is 0 Å². The number of hydrogen-bond donors (Lipinski definition) is 0. The summed E-state index contributed by atoms with van der Waals surface area (Å²) < 4.78 is 2.94. The third-order valence-corrected chi connectivity index (χ3v) is 3.89. The van der Waals surface area contributed by atoms with Crippen molar-refractivity contribution in [1.82, 2.24) is 14.6 Å². The Kier molecular flexibility index (Phi) is 3.09. The molecule has 0 saturated carbocycles. The van der Waals surface area contributed by atoms with Crippen molar-refractivity contribution in [2.75, 3.05) is 6.26 Å². The van der Waals surface area contributed by atoms with Crippen LogP contribution >= 0.6 is 27.7 Å². The van der Waals surface area contributed by atoms with Crippen molar-refractivity contribution in [2.45, 2.75) is 5.16 Å². The lowest BCUT2D eigenvalue weighted by Crippen LogP contribution is -1.97. The van der Waals surface area contributed by atoms with Gasteiger partial charge in [-0.3, -0.25) is 0 Å². The van der Waals surface area contributed by atoms with Crippen LogP contribution in [0.5, 0.6) is 0 Å². The maximum Gasteiger partial charge on any atom is 0.207 e. The number of benzene rings is 1. The van der Waals surface area contributed by atoms with Crippen molar-refractivity contribution in [3.05, 3.63) is 47.1 Å². The minimum Gasteiger partial charge on any atom is -0.228 e. The molecule has 0 radical (unpaired) electrons. The Hall–Kier alpha value is -1.33. The number of halogens is 1. The highest BCUT2D eigenvalue weighted by Crippen LogP contribution is 2.29. The van der Waals surface area contributed by atoms with Crippen LogP contribution < -0.4 is 0 Å². The van der Waals surface area contributed by atoms with Gasteiger partial charge in [0.25, 0.3) is 0 Å². The first kappa shape index (κ1) is 11.7. The molecule has 0 spiro atoms. The Labute approximate surface area is 117 Å². The first-order valence-electron chi connectivity index (χ1n) is 5.43. The summed E-state index contributed by atoms with van der Waals surface area (Å²) in [7, 11) is 0. The second-order valence-electron chi connectivity index (χ2n) is 3.79. The molecule has 3 nitrogen and oxygen atoms in total. The molecule has 0 fully saturated rings. The van der Waals surface area contributed by atoms with E-state index in [0.29, 0.717) is 0 Å². The van der Waals surface area contributed by atoms with Crippen molar-refractivity contribution in [1.29, 1.82) is 0 Å². The summed E-state index contributed by atoms with van der Waals surface area (Å²) >= 11 is 5.09. The summed E-state index contributed by atoms with van der Waals surface area (Å²) in [6, 6.07) is 12.3. The molecular weight excluding hydrogens is 310 g/mol. The number of fused-ring (bicyclic) bond motifs is 1. The monoisotopic (exact) mass is 319 g/mol. The van der Waals surface area contributed by atoms with E-state index in [1.165, 1.54) is 11.8 Å². The summed E-state index contributed by atoms with van der Waals surface area (Å²) in [5.74, 6) is 0. The molecule has 0 N–H and O–H groups in total. The van der Waals surface area contributed by atoms with Crippen molar-refractivity contribution in [3.63, 3.8) is 0 Å². The zero-order chi connectivity index (χ0) is 12.5. The fourth-order valence-corrected chi connectivity index (χ4v) is 2.65. The Morgan fingerprint density at radius 1 is 1.22 bits per heavy atom. The molecule has 0 atom stereocenters. The largest absolute Gasteiger partial charge is 0.228 e. The molecule has 3 rings (SSSR count). The van der Waals surface area contributed by atoms with E-state index in [-0.39, 0.29) is 0 Å². The van der Waals surface area contributed by atoms with Gasteiger partial charge in [0.15, 0.2) is 0 Å². The zero-order valence-electron chi connectivity index (χ0n) is 9.67. The van der Waals surface area contributed by atoms with Gasteiger partial charge in [0, 0.05) is 10.0 Å². The predicted molar refractivity (Wildman–Crippen MR) is 77.9 cm³/mol. The second kappa shape index (κ2) is 4.74. The number of nitrogens with zero attached hydrogens (tertiary/aromatic N) is 3. The summed E-state index contributed by atoms with van der Waals surface area (Å²) in [6.45, 7) is 0. The molecule has 2 heterocycles. The van der Waals surface area contributed by atoms with Gasteiger partial charge in [-0.05, 0) is 28.3 Å². The van der Waals surface area contributed by atoms with Crippen molar-refractivity contribution in [3.8, 4) is 11.3 Å². The van der Waals surface area contributed by atoms with Crippen molar-refractivity contribution in [2.24, 2.45) is 0 Å². The Morgan fingerprint density at radius 2 is 2.00 bits per heavy atom. The Bertz CT molecular complexity index is 694. The van der Waals surface area contributed by atoms with E-state index in [1.807, 2.05) is 35.2 Å². The van der Waals surface area contributed by atoms with Crippen LogP contribution in [-0.4, -0.2) is 20.9 Å². The molecule has 0 amide bonds. The number of hydrogen-bond acceptors (Lipinski definition) is 3. The summed E-state index contributed by atoms with van der Waals surface area (Å²) in [4.78, 5) is 4.29. The van der Waals surface area contributed by atoms with E-state index < -0.39 is 0 Å². The summed E-state index contributed by atoms with van der Waals surface area (Å²) in [5, 5.41) is 5.30. The van der Waals surface area contributed by atoms with Crippen LogP contribution in [0.15, 0.2) is 52.2 Å². The van der Waals surface area contributed by atoms with Gasteiger partial charge in [-0.2, -0.15) is 0 Å². The molecule has 5 heteroatoms. The summed E-state index contributed by atoms with van der Waals surface area (Å²) in [6.07, 6.45) is 3.82. The van der Waals surface area contributed by atoms with E-state index >= 15 is 0 Å². The second-order valence-corrected chi connectivity index (χ2v) is 5.41. The zero-order valence-corrected chi connectivity index (χ0v) is 12.1. The van der Waals surface area contributed by atoms with Crippen LogP contribution in [0.1, 0.15) is 0 Å². The fraction of sp³-hybridized carbons (Fsp3) is 0.0769. The molecule has 0 aliphatic carbocycles. The molecule has 0 bridgehead atoms. The minimum absolute atomic E-state index is 0.766. The van der Waals surface area contributed by atoms with Gasteiger partial charge in [0.1, 0.15) is 0 Å². The van der Waals surface area contributed by atoms with Crippen LogP contribution in [0.2, 0.25) is 0 Å².